The summed E-state index contributed by atoms with van der Waals surface area (Å²) >= 11 is 1.25. The lowest BCUT2D eigenvalue weighted by Crippen LogP contribution is -1.99. The lowest BCUT2D eigenvalue weighted by molar-refractivity contribution is 0.0701. The zero-order chi connectivity index (χ0) is 15.2. The predicted molar refractivity (Wildman–Crippen MR) is 83.4 cm³/mol. The van der Waals surface area contributed by atoms with E-state index in [-0.39, 0.29) is 0 Å². The van der Waals surface area contributed by atoms with Crippen molar-refractivity contribution in [3.63, 3.8) is 0 Å². The van der Waals surface area contributed by atoms with Crippen LogP contribution in [0.4, 0.5) is 0 Å². The summed E-state index contributed by atoms with van der Waals surface area (Å²) in [5.41, 5.74) is 1.89. The van der Waals surface area contributed by atoms with Crippen molar-refractivity contribution in [1.82, 2.24) is 4.98 Å². The SMILES string of the molecule is CCc1ccc(OCCCc2nc(C)c(C(=O)O)s2)cc1. The maximum Gasteiger partial charge on any atom is 0.347 e. The molecule has 0 bridgehead atoms. The molecule has 1 aromatic carbocycles. The fraction of sp³-hybridized carbons (Fsp3) is 0.375. The van der Waals surface area contributed by atoms with Crippen molar-refractivity contribution < 1.29 is 14.6 Å². The number of carboxylic acids is 1. The minimum atomic E-state index is -0.900. The maximum absolute atomic E-state index is 10.9. The van der Waals surface area contributed by atoms with Gasteiger partial charge in [0.05, 0.1) is 17.3 Å². The molecule has 0 saturated heterocycles. The summed E-state index contributed by atoms with van der Waals surface area (Å²) in [5, 5.41) is 9.84. The van der Waals surface area contributed by atoms with Gasteiger partial charge in [0.15, 0.2) is 0 Å². The van der Waals surface area contributed by atoms with E-state index in [1.54, 1.807) is 6.92 Å². The highest BCUT2D eigenvalue weighted by Gasteiger charge is 2.13. The number of aromatic nitrogens is 1. The zero-order valence-electron chi connectivity index (χ0n) is 12.3. The molecule has 5 heteroatoms. The van der Waals surface area contributed by atoms with Gasteiger partial charge in [0.2, 0.25) is 0 Å². The van der Waals surface area contributed by atoms with E-state index in [2.05, 4.69) is 24.0 Å². The van der Waals surface area contributed by atoms with E-state index in [4.69, 9.17) is 9.84 Å². The summed E-state index contributed by atoms with van der Waals surface area (Å²) in [5.74, 6) is -0.0303. The van der Waals surface area contributed by atoms with Gasteiger partial charge in [-0.25, -0.2) is 9.78 Å². The molecule has 2 aromatic rings. The van der Waals surface area contributed by atoms with E-state index < -0.39 is 5.97 Å². The van der Waals surface area contributed by atoms with Crippen LogP contribution in [-0.2, 0) is 12.8 Å². The van der Waals surface area contributed by atoms with Gasteiger partial charge in [-0.15, -0.1) is 11.3 Å². The van der Waals surface area contributed by atoms with Crippen molar-refractivity contribution in [3.05, 3.63) is 45.4 Å². The number of thiazole rings is 1. The second kappa shape index (κ2) is 7.22. The summed E-state index contributed by atoms with van der Waals surface area (Å²) in [7, 11) is 0. The molecule has 1 heterocycles. The normalized spacial score (nSPS) is 10.6. The Kier molecular flexibility index (Phi) is 5.33. The molecule has 0 aliphatic rings. The van der Waals surface area contributed by atoms with Crippen molar-refractivity contribution >= 4 is 17.3 Å². The molecule has 4 nitrogen and oxygen atoms in total. The number of hydrogen-bond acceptors (Lipinski definition) is 4. The summed E-state index contributed by atoms with van der Waals surface area (Å²) in [6.45, 7) is 4.46. The zero-order valence-corrected chi connectivity index (χ0v) is 13.1. The van der Waals surface area contributed by atoms with Gasteiger partial charge in [-0.05, 0) is 37.5 Å². The van der Waals surface area contributed by atoms with Crippen molar-refractivity contribution in [1.29, 1.82) is 0 Å². The van der Waals surface area contributed by atoms with Gasteiger partial charge in [0.1, 0.15) is 10.6 Å². The van der Waals surface area contributed by atoms with Crippen molar-refractivity contribution in [2.75, 3.05) is 6.61 Å². The fourth-order valence-electron chi connectivity index (χ4n) is 1.99. The summed E-state index contributed by atoms with van der Waals surface area (Å²) in [6.07, 6.45) is 2.59. The average Bonchev–Trinajstić information content (AvgIpc) is 2.85. The molecule has 0 saturated carbocycles. The molecule has 112 valence electrons. The lowest BCUT2D eigenvalue weighted by atomic mass is 10.2. The van der Waals surface area contributed by atoms with Crippen molar-refractivity contribution in [2.45, 2.75) is 33.1 Å². The van der Waals surface area contributed by atoms with E-state index in [0.717, 1.165) is 30.0 Å². The molecule has 0 atom stereocenters. The van der Waals surface area contributed by atoms with Crippen molar-refractivity contribution in [3.8, 4) is 5.75 Å². The first-order chi connectivity index (χ1) is 10.1. The number of rotatable bonds is 7. The molecule has 0 radical (unpaired) electrons. The highest BCUT2D eigenvalue weighted by Crippen LogP contribution is 2.19. The van der Waals surface area contributed by atoms with Gasteiger partial charge in [-0.3, -0.25) is 0 Å². The molecule has 21 heavy (non-hydrogen) atoms. The van der Waals surface area contributed by atoms with Crippen LogP contribution in [0.3, 0.4) is 0 Å². The Hall–Kier alpha value is -1.88. The second-order valence-corrected chi connectivity index (χ2v) is 5.86. The monoisotopic (exact) mass is 305 g/mol. The largest absolute Gasteiger partial charge is 0.494 e. The van der Waals surface area contributed by atoms with Gasteiger partial charge in [-0.1, -0.05) is 19.1 Å². The number of carbonyl (C=O) groups is 1. The van der Waals surface area contributed by atoms with Crippen LogP contribution in [0, 0.1) is 6.92 Å². The summed E-state index contributed by atoms with van der Waals surface area (Å²) in [6, 6.07) is 8.10. The third-order valence-electron chi connectivity index (χ3n) is 3.17. The third kappa shape index (κ3) is 4.29. The van der Waals surface area contributed by atoms with Crippen LogP contribution in [0.25, 0.3) is 0 Å². The Morgan fingerprint density at radius 2 is 2.05 bits per heavy atom. The first-order valence-electron chi connectivity index (χ1n) is 7.01. The van der Waals surface area contributed by atoms with Crippen LogP contribution in [0.1, 0.15) is 39.3 Å². The van der Waals surface area contributed by atoms with Crippen LogP contribution in [-0.4, -0.2) is 22.7 Å². The number of benzene rings is 1. The van der Waals surface area contributed by atoms with E-state index in [0.29, 0.717) is 17.2 Å². The summed E-state index contributed by atoms with van der Waals surface area (Å²) < 4.78 is 5.67. The van der Waals surface area contributed by atoms with Crippen LogP contribution in [0.2, 0.25) is 0 Å². The third-order valence-corrected chi connectivity index (χ3v) is 4.38. The molecule has 2 rings (SSSR count). The van der Waals surface area contributed by atoms with Crippen LogP contribution >= 0.6 is 11.3 Å². The van der Waals surface area contributed by atoms with Gasteiger partial charge in [0, 0.05) is 6.42 Å². The Balaban J connectivity index is 1.79. The Bertz CT molecular complexity index is 604. The number of carboxylic acid groups (broad SMARTS) is 1. The molecule has 1 aromatic heterocycles. The Morgan fingerprint density at radius 1 is 1.33 bits per heavy atom. The number of aryl methyl sites for hydroxylation is 3. The quantitative estimate of drug-likeness (QED) is 0.792. The van der Waals surface area contributed by atoms with Crippen LogP contribution in [0.5, 0.6) is 5.75 Å². The standard InChI is InChI=1S/C16H19NO3S/c1-3-12-6-8-13(9-7-12)20-10-4-5-14-17-11(2)15(21-14)16(18)19/h6-9H,3-5,10H2,1-2H3,(H,18,19). The summed E-state index contributed by atoms with van der Waals surface area (Å²) in [4.78, 5) is 15.6. The molecule has 0 spiro atoms. The fourth-order valence-corrected chi connectivity index (χ4v) is 2.94. The van der Waals surface area contributed by atoms with Gasteiger partial charge >= 0.3 is 5.97 Å². The average molecular weight is 305 g/mol. The number of ether oxygens (including phenoxy) is 1. The number of nitrogens with zero attached hydrogens (tertiary/aromatic N) is 1. The topological polar surface area (TPSA) is 59.4 Å². The smallest absolute Gasteiger partial charge is 0.347 e. The van der Waals surface area contributed by atoms with E-state index >= 15 is 0 Å². The minimum absolute atomic E-state index is 0.334. The molecule has 0 unspecified atom stereocenters. The number of aromatic carboxylic acids is 1. The molecule has 0 amide bonds. The van der Waals surface area contributed by atoms with E-state index in [9.17, 15) is 4.79 Å². The molecule has 0 aliphatic carbocycles. The second-order valence-electron chi connectivity index (χ2n) is 4.78. The van der Waals surface area contributed by atoms with E-state index in [1.807, 2.05) is 12.1 Å². The molecule has 0 fully saturated rings. The first kappa shape index (κ1) is 15.5. The first-order valence-corrected chi connectivity index (χ1v) is 7.83. The van der Waals surface area contributed by atoms with Crippen molar-refractivity contribution in [2.24, 2.45) is 0 Å². The lowest BCUT2D eigenvalue weighted by Gasteiger charge is -2.06. The molecule has 0 aliphatic heterocycles. The van der Waals surface area contributed by atoms with E-state index in [1.165, 1.54) is 16.9 Å². The van der Waals surface area contributed by atoms with Gasteiger partial charge in [0.25, 0.3) is 0 Å². The minimum Gasteiger partial charge on any atom is -0.494 e. The highest BCUT2D eigenvalue weighted by molar-refractivity contribution is 7.13. The predicted octanol–water partition coefficient (Wildman–Crippen LogP) is 3.72. The maximum atomic E-state index is 10.9. The van der Waals surface area contributed by atoms with Gasteiger partial charge in [-0.2, -0.15) is 0 Å². The molecule has 1 N–H and O–H groups in total. The van der Waals surface area contributed by atoms with Gasteiger partial charge < -0.3 is 9.84 Å². The molecular weight excluding hydrogens is 286 g/mol. The number of hydrogen-bond donors (Lipinski definition) is 1. The Labute approximate surface area is 128 Å². The van der Waals surface area contributed by atoms with Crippen LogP contribution in [0.15, 0.2) is 24.3 Å². The molecular formula is C16H19NO3S. The highest BCUT2D eigenvalue weighted by atomic mass is 32.1. The Morgan fingerprint density at radius 3 is 2.62 bits per heavy atom. The van der Waals surface area contributed by atoms with Crippen LogP contribution < -0.4 is 4.74 Å².